The lowest BCUT2D eigenvalue weighted by Gasteiger charge is -2.20. The fourth-order valence-corrected chi connectivity index (χ4v) is 2.13. The van der Waals surface area contributed by atoms with Crippen LogP contribution in [-0.2, 0) is 4.79 Å². The van der Waals surface area contributed by atoms with Crippen LogP contribution in [0.4, 0.5) is 0 Å². The molecule has 0 aromatic rings. The maximum absolute atomic E-state index is 8.81. The second kappa shape index (κ2) is 9.57. The average Bonchev–Trinajstić information content (AvgIpc) is 2.61. The first kappa shape index (κ1) is 16.6. The number of nitrogens with one attached hydrogen (secondary N) is 1. The summed E-state index contributed by atoms with van der Waals surface area (Å²) in [6.07, 6.45) is 4.57. The third-order valence-corrected chi connectivity index (χ3v) is 2.83. The Hall–Kier alpha value is -0.450. The fourth-order valence-electron chi connectivity index (χ4n) is 2.13. The first-order valence-electron chi connectivity index (χ1n) is 6.65. The number of aldehydes is 1. The highest BCUT2D eigenvalue weighted by Gasteiger charge is 2.19. The molecule has 4 heteroatoms. The van der Waals surface area contributed by atoms with Crippen molar-refractivity contribution in [3.63, 3.8) is 0 Å². The van der Waals surface area contributed by atoms with E-state index < -0.39 is 0 Å². The van der Waals surface area contributed by atoms with Crippen molar-refractivity contribution in [3.8, 4) is 0 Å². The van der Waals surface area contributed by atoms with Gasteiger partial charge in [0.2, 0.25) is 0 Å². The molecule has 1 heterocycles. The minimum absolute atomic E-state index is 0.662. The predicted octanol–water partition coefficient (Wildman–Crippen LogP) is 1.55. The number of rotatable bonds is 5. The van der Waals surface area contributed by atoms with Crippen LogP contribution in [0.3, 0.4) is 0 Å². The van der Waals surface area contributed by atoms with Crippen molar-refractivity contribution in [3.05, 3.63) is 0 Å². The van der Waals surface area contributed by atoms with Crippen molar-refractivity contribution in [1.82, 2.24) is 10.3 Å². The number of carbonyl (C=O) groups is 1. The van der Waals surface area contributed by atoms with Crippen molar-refractivity contribution < 1.29 is 4.79 Å². The molecule has 0 bridgehead atoms. The first-order valence-corrected chi connectivity index (χ1v) is 6.65. The highest BCUT2D eigenvalue weighted by atomic mass is 16.1. The van der Waals surface area contributed by atoms with Crippen LogP contribution in [0.15, 0.2) is 0 Å². The summed E-state index contributed by atoms with van der Waals surface area (Å²) in [5.74, 6) is 6.56. The molecule has 3 N–H and O–H groups in total. The molecule has 1 aliphatic rings. The summed E-state index contributed by atoms with van der Waals surface area (Å²) < 4.78 is 0. The van der Waals surface area contributed by atoms with Gasteiger partial charge in [0.25, 0.3) is 0 Å². The monoisotopic (exact) mass is 243 g/mol. The lowest BCUT2D eigenvalue weighted by atomic mass is 10.1. The second-order valence-electron chi connectivity index (χ2n) is 5.26. The summed E-state index contributed by atoms with van der Waals surface area (Å²) >= 11 is 0. The Kier molecular flexibility index (Phi) is 9.31. The molecular weight excluding hydrogens is 214 g/mol. The molecule has 1 aliphatic heterocycles. The van der Waals surface area contributed by atoms with Crippen molar-refractivity contribution in [2.24, 2.45) is 11.8 Å². The summed E-state index contributed by atoms with van der Waals surface area (Å²) in [6.45, 7) is 10.1. The number of nitrogens with two attached hydrogens (primary N) is 1. The summed E-state index contributed by atoms with van der Waals surface area (Å²) in [5.41, 5.74) is 0. The van der Waals surface area contributed by atoms with Gasteiger partial charge in [0.1, 0.15) is 6.29 Å². The van der Waals surface area contributed by atoms with Gasteiger partial charge < -0.3 is 10.1 Å². The molecule has 0 saturated carbocycles. The third kappa shape index (κ3) is 9.27. The van der Waals surface area contributed by atoms with E-state index in [0.717, 1.165) is 19.4 Å². The van der Waals surface area contributed by atoms with Gasteiger partial charge in [0.15, 0.2) is 0 Å². The van der Waals surface area contributed by atoms with Crippen LogP contribution >= 0.6 is 0 Å². The van der Waals surface area contributed by atoms with E-state index in [2.05, 4.69) is 26.1 Å². The number of hydrogen-bond donors (Lipinski definition) is 2. The number of hydrogen-bond acceptors (Lipinski definition) is 4. The molecular formula is C13H29N3O. The Morgan fingerprint density at radius 3 is 2.47 bits per heavy atom. The van der Waals surface area contributed by atoms with Gasteiger partial charge in [0, 0.05) is 25.2 Å². The molecule has 0 aromatic carbocycles. The zero-order valence-corrected chi connectivity index (χ0v) is 11.8. The van der Waals surface area contributed by atoms with Crippen LogP contribution in [0.5, 0.6) is 0 Å². The molecule has 0 radical (unpaired) electrons. The first-order chi connectivity index (χ1) is 7.99. The Morgan fingerprint density at radius 2 is 2.06 bits per heavy atom. The maximum atomic E-state index is 8.81. The van der Waals surface area contributed by atoms with E-state index in [-0.39, 0.29) is 0 Å². The van der Waals surface area contributed by atoms with E-state index in [1.165, 1.54) is 26.2 Å². The predicted molar refractivity (Wildman–Crippen MR) is 72.6 cm³/mol. The lowest BCUT2D eigenvalue weighted by Crippen LogP contribution is -2.38. The SMILES string of the molecule is CC(C)CN(N)CCC1CCC(C)N1.CC=O. The molecule has 2 unspecified atom stereocenters. The van der Waals surface area contributed by atoms with Crippen LogP contribution < -0.4 is 11.2 Å². The van der Waals surface area contributed by atoms with Crippen LogP contribution in [0.2, 0.25) is 0 Å². The molecule has 0 aliphatic carbocycles. The van der Waals surface area contributed by atoms with Crippen LogP contribution in [0, 0.1) is 5.92 Å². The molecule has 102 valence electrons. The molecule has 4 nitrogen and oxygen atoms in total. The van der Waals surface area contributed by atoms with Gasteiger partial charge >= 0.3 is 0 Å². The normalized spacial score (nSPS) is 23.7. The highest BCUT2D eigenvalue weighted by Crippen LogP contribution is 2.14. The average molecular weight is 243 g/mol. The smallest absolute Gasteiger partial charge is 0.116 e. The number of hydrazine groups is 1. The van der Waals surface area contributed by atoms with Crippen LogP contribution in [-0.4, -0.2) is 36.5 Å². The summed E-state index contributed by atoms with van der Waals surface area (Å²) in [5, 5.41) is 5.53. The van der Waals surface area contributed by atoms with E-state index >= 15 is 0 Å². The Bertz CT molecular complexity index is 197. The molecule has 1 saturated heterocycles. The molecule has 0 amide bonds. The zero-order valence-electron chi connectivity index (χ0n) is 11.8. The van der Waals surface area contributed by atoms with Crippen molar-refractivity contribution in [2.75, 3.05) is 13.1 Å². The summed E-state index contributed by atoms with van der Waals surface area (Å²) in [7, 11) is 0. The number of carbonyl (C=O) groups excluding carboxylic acids is 1. The topological polar surface area (TPSA) is 58.4 Å². The molecule has 17 heavy (non-hydrogen) atoms. The van der Waals surface area contributed by atoms with E-state index in [9.17, 15) is 0 Å². The van der Waals surface area contributed by atoms with Crippen LogP contribution in [0.1, 0.15) is 47.0 Å². The van der Waals surface area contributed by atoms with Crippen molar-refractivity contribution in [2.45, 2.75) is 59.0 Å². The maximum Gasteiger partial charge on any atom is 0.116 e. The van der Waals surface area contributed by atoms with Gasteiger partial charge in [-0.1, -0.05) is 13.8 Å². The largest absolute Gasteiger partial charge is 0.311 e. The van der Waals surface area contributed by atoms with E-state index in [1.54, 1.807) is 0 Å². The minimum atomic E-state index is 0.662. The molecule has 1 rings (SSSR count). The van der Waals surface area contributed by atoms with E-state index in [0.29, 0.717) is 18.0 Å². The molecule has 2 atom stereocenters. The van der Waals surface area contributed by atoms with Crippen LogP contribution in [0.25, 0.3) is 0 Å². The fraction of sp³-hybridized carbons (Fsp3) is 0.923. The second-order valence-corrected chi connectivity index (χ2v) is 5.26. The Morgan fingerprint density at radius 1 is 1.47 bits per heavy atom. The van der Waals surface area contributed by atoms with Crippen molar-refractivity contribution >= 4 is 6.29 Å². The van der Waals surface area contributed by atoms with Gasteiger partial charge in [-0.3, -0.25) is 5.84 Å². The van der Waals surface area contributed by atoms with E-state index in [4.69, 9.17) is 10.6 Å². The van der Waals surface area contributed by atoms with Gasteiger partial charge in [-0.15, -0.1) is 0 Å². The summed E-state index contributed by atoms with van der Waals surface area (Å²) in [6, 6.07) is 1.40. The Labute approximate surface area is 106 Å². The lowest BCUT2D eigenvalue weighted by molar-refractivity contribution is -0.106. The zero-order chi connectivity index (χ0) is 13.3. The van der Waals surface area contributed by atoms with Gasteiger partial charge in [-0.25, -0.2) is 5.01 Å². The summed E-state index contributed by atoms with van der Waals surface area (Å²) in [4.78, 5) is 8.81. The number of nitrogens with zero attached hydrogens (tertiary/aromatic N) is 1. The minimum Gasteiger partial charge on any atom is -0.311 e. The van der Waals surface area contributed by atoms with Gasteiger partial charge in [-0.05, 0) is 39.0 Å². The highest BCUT2D eigenvalue weighted by molar-refractivity contribution is 5.44. The van der Waals surface area contributed by atoms with Gasteiger partial charge in [0.05, 0.1) is 0 Å². The molecule has 0 spiro atoms. The quantitative estimate of drug-likeness (QED) is 0.437. The molecule has 0 aromatic heterocycles. The van der Waals surface area contributed by atoms with Gasteiger partial charge in [-0.2, -0.15) is 0 Å². The van der Waals surface area contributed by atoms with E-state index in [1.807, 2.05) is 5.01 Å². The molecule has 1 fully saturated rings. The standard InChI is InChI=1S/C11H25N3.C2H4O/c1-9(2)8-14(12)7-6-11-5-4-10(3)13-11;1-2-3/h9-11,13H,4-8,12H2,1-3H3;2H,1H3. The van der Waals surface area contributed by atoms with Crippen molar-refractivity contribution in [1.29, 1.82) is 0 Å². The third-order valence-electron chi connectivity index (χ3n) is 2.83. The Balaban J connectivity index is 0.000000770.